The second-order valence-electron chi connectivity index (χ2n) is 5.31. The number of halogens is 1. The number of carbonyl (C=O) groups excluding carboxylic acids is 2. The van der Waals surface area contributed by atoms with E-state index in [1.165, 1.54) is 23.5 Å². The summed E-state index contributed by atoms with van der Waals surface area (Å²) in [5.74, 6) is -1.04. The van der Waals surface area contributed by atoms with Crippen molar-refractivity contribution < 1.29 is 14.0 Å². The van der Waals surface area contributed by atoms with Crippen LogP contribution in [0.15, 0.2) is 35.7 Å². The van der Waals surface area contributed by atoms with Gasteiger partial charge in [0.1, 0.15) is 5.82 Å². The predicted octanol–water partition coefficient (Wildman–Crippen LogP) is 2.50. The zero-order valence-corrected chi connectivity index (χ0v) is 12.6. The van der Waals surface area contributed by atoms with Crippen LogP contribution < -0.4 is 5.73 Å². The van der Waals surface area contributed by atoms with Gasteiger partial charge in [0.25, 0.3) is 5.91 Å². The molecule has 0 spiro atoms. The molecule has 1 saturated heterocycles. The van der Waals surface area contributed by atoms with Crippen molar-refractivity contribution >= 4 is 23.2 Å². The topological polar surface area (TPSA) is 63.4 Å². The smallest absolute Gasteiger partial charge is 0.264 e. The molecule has 0 radical (unpaired) electrons. The Labute approximate surface area is 131 Å². The minimum Gasteiger partial charge on any atom is -0.369 e. The van der Waals surface area contributed by atoms with Crippen molar-refractivity contribution in [1.29, 1.82) is 0 Å². The van der Waals surface area contributed by atoms with E-state index in [-0.39, 0.29) is 23.5 Å². The average Bonchev–Trinajstić information content (AvgIpc) is 3.17. The lowest BCUT2D eigenvalue weighted by molar-refractivity contribution is -0.121. The molecular formula is C16H15FN2O2S. The molecule has 0 saturated carbocycles. The lowest BCUT2D eigenvalue weighted by atomic mass is 10.1. The van der Waals surface area contributed by atoms with Gasteiger partial charge in [-0.2, -0.15) is 0 Å². The first kappa shape index (κ1) is 14.7. The SMILES string of the molecule is NC(=O)[C@H]1CCN(C(=O)c2sccc2-c2ccc(F)cc2)C1. The number of hydrogen-bond acceptors (Lipinski definition) is 3. The van der Waals surface area contributed by atoms with Crippen molar-refractivity contribution in [1.82, 2.24) is 4.90 Å². The fourth-order valence-corrected chi connectivity index (χ4v) is 3.54. The van der Waals surface area contributed by atoms with Crippen molar-refractivity contribution in [3.63, 3.8) is 0 Å². The van der Waals surface area contributed by atoms with Crippen molar-refractivity contribution in [2.24, 2.45) is 11.7 Å². The zero-order chi connectivity index (χ0) is 15.7. The van der Waals surface area contributed by atoms with Crippen LogP contribution in [0.3, 0.4) is 0 Å². The number of primary amides is 1. The van der Waals surface area contributed by atoms with E-state index in [1.54, 1.807) is 17.0 Å². The number of hydrogen-bond donors (Lipinski definition) is 1. The van der Waals surface area contributed by atoms with Gasteiger partial charge in [0.15, 0.2) is 0 Å². The Kier molecular flexibility index (Phi) is 3.94. The molecule has 4 nitrogen and oxygen atoms in total. The third-order valence-corrected chi connectivity index (χ3v) is 4.79. The van der Waals surface area contributed by atoms with Crippen molar-refractivity contribution in [3.8, 4) is 11.1 Å². The van der Waals surface area contributed by atoms with E-state index in [1.807, 2.05) is 11.4 Å². The van der Waals surface area contributed by atoms with Gasteiger partial charge in [-0.05, 0) is 35.6 Å². The Hall–Kier alpha value is -2.21. The van der Waals surface area contributed by atoms with Gasteiger partial charge in [-0.25, -0.2) is 4.39 Å². The molecule has 3 rings (SSSR count). The quantitative estimate of drug-likeness (QED) is 0.945. The molecule has 0 bridgehead atoms. The van der Waals surface area contributed by atoms with Gasteiger partial charge < -0.3 is 10.6 Å². The maximum Gasteiger partial charge on any atom is 0.264 e. The van der Waals surface area contributed by atoms with Crippen LogP contribution in [-0.4, -0.2) is 29.8 Å². The van der Waals surface area contributed by atoms with Crippen LogP contribution in [0.1, 0.15) is 16.1 Å². The second-order valence-corrected chi connectivity index (χ2v) is 6.23. The molecule has 0 aliphatic carbocycles. The Bertz CT molecular complexity index is 711. The van der Waals surface area contributed by atoms with E-state index in [4.69, 9.17) is 5.73 Å². The zero-order valence-electron chi connectivity index (χ0n) is 11.8. The Balaban J connectivity index is 1.84. The number of thiophene rings is 1. The Morgan fingerprint density at radius 1 is 1.23 bits per heavy atom. The van der Waals surface area contributed by atoms with Gasteiger partial charge >= 0.3 is 0 Å². The van der Waals surface area contributed by atoms with Gasteiger partial charge in [0.05, 0.1) is 10.8 Å². The maximum absolute atomic E-state index is 13.0. The van der Waals surface area contributed by atoms with Crippen LogP contribution in [0.25, 0.3) is 11.1 Å². The summed E-state index contributed by atoms with van der Waals surface area (Å²) in [5.41, 5.74) is 6.90. The predicted molar refractivity (Wildman–Crippen MR) is 82.9 cm³/mol. The summed E-state index contributed by atoms with van der Waals surface area (Å²) in [5, 5.41) is 1.84. The number of benzene rings is 1. The second kappa shape index (κ2) is 5.88. The van der Waals surface area contributed by atoms with E-state index >= 15 is 0 Å². The molecule has 1 aliphatic heterocycles. The van der Waals surface area contributed by atoms with Gasteiger partial charge in [-0.15, -0.1) is 11.3 Å². The molecule has 0 unspecified atom stereocenters. The molecule has 1 aromatic carbocycles. The first-order valence-electron chi connectivity index (χ1n) is 6.98. The molecule has 2 amide bonds. The van der Waals surface area contributed by atoms with Crippen LogP contribution in [0.2, 0.25) is 0 Å². The molecule has 1 atom stereocenters. The minimum absolute atomic E-state index is 0.0990. The lowest BCUT2D eigenvalue weighted by Crippen LogP contribution is -2.31. The first-order chi connectivity index (χ1) is 10.6. The van der Waals surface area contributed by atoms with Gasteiger partial charge in [0, 0.05) is 18.7 Å². The van der Waals surface area contributed by atoms with Crippen LogP contribution in [0.4, 0.5) is 4.39 Å². The van der Waals surface area contributed by atoms with Crippen LogP contribution in [-0.2, 0) is 4.79 Å². The van der Waals surface area contributed by atoms with E-state index < -0.39 is 0 Å². The van der Waals surface area contributed by atoms with E-state index in [0.29, 0.717) is 24.4 Å². The van der Waals surface area contributed by atoms with E-state index in [0.717, 1.165) is 11.1 Å². The highest BCUT2D eigenvalue weighted by atomic mass is 32.1. The highest BCUT2D eigenvalue weighted by Crippen LogP contribution is 2.31. The normalized spacial score (nSPS) is 17.7. The fraction of sp³-hybridized carbons (Fsp3) is 0.250. The standard InChI is InChI=1S/C16H15FN2O2S/c17-12-3-1-10(2-4-12)13-6-8-22-14(13)16(21)19-7-5-11(9-19)15(18)20/h1-4,6,8,11H,5,7,9H2,(H2,18,20)/t11-/m0/s1. The minimum atomic E-state index is -0.361. The molecular weight excluding hydrogens is 303 g/mol. The van der Waals surface area contributed by atoms with Crippen molar-refractivity contribution in [2.75, 3.05) is 13.1 Å². The van der Waals surface area contributed by atoms with Crippen LogP contribution >= 0.6 is 11.3 Å². The number of likely N-dealkylation sites (tertiary alicyclic amines) is 1. The fourth-order valence-electron chi connectivity index (χ4n) is 2.65. The van der Waals surface area contributed by atoms with Crippen LogP contribution in [0, 0.1) is 11.7 Å². The number of amides is 2. The van der Waals surface area contributed by atoms with Crippen molar-refractivity contribution in [2.45, 2.75) is 6.42 Å². The molecule has 1 fully saturated rings. The molecule has 6 heteroatoms. The first-order valence-corrected chi connectivity index (χ1v) is 7.86. The maximum atomic E-state index is 13.0. The third-order valence-electron chi connectivity index (χ3n) is 3.89. The molecule has 1 aliphatic rings. The lowest BCUT2D eigenvalue weighted by Gasteiger charge is -2.16. The summed E-state index contributed by atoms with van der Waals surface area (Å²) in [6.07, 6.45) is 0.609. The summed E-state index contributed by atoms with van der Waals surface area (Å²) in [7, 11) is 0. The van der Waals surface area contributed by atoms with Crippen LogP contribution in [0.5, 0.6) is 0 Å². The summed E-state index contributed by atoms with van der Waals surface area (Å²) < 4.78 is 13.0. The molecule has 2 aromatic rings. The van der Waals surface area contributed by atoms with E-state index in [9.17, 15) is 14.0 Å². The molecule has 1 aromatic heterocycles. The average molecular weight is 318 g/mol. The summed E-state index contributed by atoms with van der Waals surface area (Å²) in [6.45, 7) is 0.905. The highest BCUT2D eigenvalue weighted by molar-refractivity contribution is 7.12. The Morgan fingerprint density at radius 3 is 2.59 bits per heavy atom. The summed E-state index contributed by atoms with van der Waals surface area (Å²) >= 11 is 1.35. The monoisotopic (exact) mass is 318 g/mol. The summed E-state index contributed by atoms with van der Waals surface area (Å²) in [6, 6.07) is 7.92. The third kappa shape index (κ3) is 2.74. The summed E-state index contributed by atoms with van der Waals surface area (Å²) in [4.78, 5) is 26.1. The van der Waals surface area contributed by atoms with Gasteiger partial charge in [-0.3, -0.25) is 9.59 Å². The largest absolute Gasteiger partial charge is 0.369 e. The number of nitrogens with zero attached hydrogens (tertiary/aromatic N) is 1. The number of carbonyl (C=O) groups is 2. The molecule has 2 heterocycles. The highest BCUT2D eigenvalue weighted by Gasteiger charge is 2.31. The molecule has 22 heavy (non-hydrogen) atoms. The van der Waals surface area contributed by atoms with E-state index in [2.05, 4.69) is 0 Å². The molecule has 114 valence electrons. The van der Waals surface area contributed by atoms with Gasteiger partial charge in [0.2, 0.25) is 5.91 Å². The molecule has 2 N–H and O–H groups in total. The van der Waals surface area contributed by atoms with Gasteiger partial charge in [-0.1, -0.05) is 12.1 Å². The van der Waals surface area contributed by atoms with Crippen molar-refractivity contribution in [3.05, 3.63) is 46.4 Å². The number of nitrogens with two attached hydrogens (primary N) is 1. The number of rotatable bonds is 3. The Morgan fingerprint density at radius 2 is 1.95 bits per heavy atom.